The maximum absolute atomic E-state index is 13.2. The fourth-order valence-corrected chi connectivity index (χ4v) is 3.06. The van der Waals surface area contributed by atoms with E-state index >= 15 is 0 Å². The van der Waals surface area contributed by atoms with Crippen molar-refractivity contribution < 1.29 is 14.6 Å². The number of aromatic nitrogens is 2. The van der Waals surface area contributed by atoms with Gasteiger partial charge in [0.05, 0.1) is 6.10 Å². The highest BCUT2D eigenvalue weighted by Crippen LogP contribution is 2.40. The Bertz CT molecular complexity index is 495. The Kier molecular flexibility index (Phi) is 3.11. The molecule has 1 aliphatic heterocycles. The highest BCUT2D eigenvalue weighted by molar-refractivity contribution is 8.00. The summed E-state index contributed by atoms with van der Waals surface area (Å²) in [6, 6.07) is 0. The summed E-state index contributed by atoms with van der Waals surface area (Å²) in [6.45, 7) is 1.71. The van der Waals surface area contributed by atoms with Crippen molar-refractivity contribution in [2.75, 3.05) is 5.73 Å². The first-order valence-corrected chi connectivity index (χ1v) is 5.92. The van der Waals surface area contributed by atoms with Gasteiger partial charge in [-0.3, -0.25) is 4.57 Å². The smallest absolute Gasteiger partial charge is 0.350 e. The first-order valence-electron chi connectivity index (χ1n) is 4.97. The number of aliphatic hydroxyl groups excluding tert-OH is 2. The van der Waals surface area contributed by atoms with Crippen molar-refractivity contribution in [3.05, 3.63) is 22.5 Å². The van der Waals surface area contributed by atoms with Crippen LogP contribution in [0.25, 0.3) is 0 Å². The van der Waals surface area contributed by atoms with E-state index in [1.807, 2.05) is 0 Å². The Labute approximate surface area is 100 Å². The van der Waals surface area contributed by atoms with Gasteiger partial charge in [-0.25, -0.2) is 9.18 Å². The molecule has 0 aromatic carbocycles. The van der Waals surface area contributed by atoms with Gasteiger partial charge in [0.15, 0.2) is 11.6 Å². The monoisotopic (exact) mass is 261 g/mol. The van der Waals surface area contributed by atoms with Crippen molar-refractivity contribution in [1.82, 2.24) is 9.55 Å². The van der Waals surface area contributed by atoms with E-state index in [1.165, 1.54) is 11.8 Å². The van der Waals surface area contributed by atoms with Crippen LogP contribution in [0.2, 0.25) is 0 Å². The van der Waals surface area contributed by atoms with E-state index in [0.29, 0.717) is 0 Å². The van der Waals surface area contributed by atoms with Gasteiger partial charge in [0.25, 0.3) is 0 Å². The van der Waals surface area contributed by atoms with Crippen LogP contribution in [-0.4, -0.2) is 37.2 Å². The summed E-state index contributed by atoms with van der Waals surface area (Å²) in [7, 11) is 0. The summed E-state index contributed by atoms with van der Waals surface area (Å²) in [5.41, 5.74) is 4.41. The Hall–Kier alpha value is -1.12. The van der Waals surface area contributed by atoms with Gasteiger partial charge >= 0.3 is 5.69 Å². The maximum Gasteiger partial charge on any atom is 0.350 e. The number of nitrogen functional groups attached to an aromatic ring is 1. The van der Waals surface area contributed by atoms with Crippen molar-refractivity contribution in [3.63, 3.8) is 0 Å². The quantitative estimate of drug-likeness (QED) is 0.619. The average Bonchev–Trinajstić information content (AvgIpc) is 2.51. The molecular formula is C9H12FN3O3S. The lowest BCUT2D eigenvalue weighted by molar-refractivity contribution is 0.0192. The second kappa shape index (κ2) is 4.28. The van der Waals surface area contributed by atoms with Gasteiger partial charge in [-0.15, -0.1) is 11.8 Å². The zero-order valence-corrected chi connectivity index (χ0v) is 9.76. The molecule has 1 fully saturated rings. The van der Waals surface area contributed by atoms with E-state index in [4.69, 9.17) is 5.73 Å². The van der Waals surface area contributed by atoms with Crippen LogP contribution in [0.15, 0.2) is 11.0 Å². The molecule has 8 heteroatoms. The van der Waals surface area contributed by atoms with E-state index in [0.717, 1.165) is 10.8 Å². The average molecular weight is 261 g/mol. The fourth-order valence-electron chi connectivity index (χ4n) is 1.70. The molecule has 0 unspecified atom stereocenters. The molecule has 0 aliphatic carbocycles. The van der Waals surface area contributed by atoms with Crippen molar-refractivity contribution in [1.29, 1.82) is 0 Å². The van der Waals surface area contributed by atoms with E-state index in [9.17, 15) is 19.4 Å². The second-order valence-electron chi connectivity index (χ2n) is 3.88. The SMILES string of the molecule is C[C@@H]1S[C@@H](n2cc(F)c(N)nc2=O)[C@H](O)[C@@H]1O. The molecule has 1 aliphatic rings. The van der Waals surface area contributed by atoms with Crippen molar-refractivity contribution >= 4 is 17.6 Å². The lowest BCUT2D eigenvalue weighted by Crippen LogP contribution is -2.35. The van der Waals surface area contributed by atoms with Crippen molar-refractivity contribution in [3.8, 4) is 0 Å². The predicted molar refractivity (Wildman–Crippen MR) is 61.0 cm³/mol. The van der Waals surface area contributed by atoms with Gasteiger partial charge in [0, 0.05) is 11.4 Å². The zero-order chi connectivity index (χ0) is 12.7. The molecule has 2 heterocycles. The number of aliphatic hydroxyl groups is 2. The molecule has 1 saturated heterocycles. The van der Waals surface area contributed by atoms with Crippen LogP contribution >= 0.6 is 11.8 Å². The van der Waals surface area contributed by atoms with Crippen LogP contribution < -0.4 is 11.4 Å². The fraction of sp³-hybridized carbons (Fsp3) is 0.556. The number of hydrogen-bond acceptors (Lipinski definition) is 6. The molecular weight excluding hydrogens is 249 g/mol. The normalized spacial score (nSPS) is 32.9. The minimum Gasteiger partial charge on any atom is -0.389 e. The molecule has 0 spiro atoms. The van der Waals surface area contributed by atoms with Gasteiger partial charge in [-0.2, -0.15) is 4.98 Å². The van der Waals surface area contributed by atoms with Gasteiger partial charge in [-0.1, -0.05) is 6.92 Å². The summed E-state index contributed by atoms with van der Waals surface area (Å²) in [4.78, 5) is 14.8. The summed E-state index contributed by atoms with van der Waals surface area (Å²) in [6.07, 6.45) is -1.20. The molecule has 0 bridgehead atoms. The van der Waals surface area contributed by atoms with Crippen molar-refractivity contribution in [2.24, 2.45) is 0 Å². The highest BCUT2D eigenvalue weighted by Gasteiger charge is 2.41. The van der Waals surface area contributed by atoms with E-state index in [1.54, 1.807) is 6.92 Å². The molecule has 17 heavy (non-hydrogen) atoms. The molecule has 1 aromatic heterocycles. The minimum atomic E-state index is -1.14. The number of thioether (sulfide) groups is 1. The van der Waals surface area contributed by atoms with Crippen LogP contribution in [0.3, 0.4) is 0 Å². The summed E-state index contributed by atoms with van der Waals surface area (Å²) in [5.74, 6) is -1.30. The Morgan fingerprint density at radius 2 is 2.18 bits per heavy atom. The molecule has 2 rings (SSSR count). The molecule has 4 N–H and O–H groups in total. The van der Waals surface area contributed by atoms with E-state index in [2.05, 4.69) is 4.98 Å². The maximum atomic E-state index is 13.2. The van der Waals surface area contributed by atoms with Crippen LogP contribution in [0.4, 0.5) is 10.2 Å². The number of nitrogens with two attached hydrogens (primary N) is 1. The van der Waals surface area contributed by atoms with Gasteiger partial charge < -0.3 is 15.9 Å². The minimum absolute atomic E-state index is 0.248. The third-order valence-corrected chi connectivity index (χ3v) is 4.18. The molecule has 4 atom stereocenters. The third kappa shape index (κ3) is 2.03. The third-order valence-electron chi connectivity index (χ3n) is 2.69. The lowest BCUT2D eigenvalue weighted by atomic mass is 10.1. The largest absolute Gasteiger partial charge is 0.389 e. The number of halogens is 1. The van der Waals surface area contributed by atoms with Gasteiger partial charge in [0.2, 0.25) is 0 Å². The van der Waals surface area contributed by atoms with Crippen LogP contribution in [0.1, 0.15) is 12.3 Å². The summed E-state index contributed by atoms with van der Waals surface area (Å²) < 4.78 is 14.2. The predicted octanol–water partition coefficient (Wildman–Crippen LogP) is -0.680. The van der Waals surface area contributed by atoms with Gasteiger partial charge in [-0.05, 0) is 0 Å². The molecule has 1 aromatic rings. The molecule has 6 nitrogen and oxygen atoms in total. The standard InChI is InChI=1S/C9H12FN3O3S/c1-3-5(14)6(15)8(17-3)13-2-4(10)7(11)12-9(13)16/h2-3,5-6,8,14-15H,1H3,(H2,11,12,16)/t3-,5+,6+,8+/m0/s1. The Morgan fingerprint density at radius 1 is 1.53 bits per heavy atom. The zero-order valence-electron chi connectivity index (χ0n) is 8.95. The van der Waals surface area contributed by atoms with E-state index < -0.39 is 34.9 Å². The van der Waals surface area contributed by atoms with Crippen LogP contribution in [-0.2, 0) is 0 Å². The highest BCUT2D eigenvalue weighted by atomic mass is 32.2. The second-order valence-corrected chi connectivity index (χ2v) is 5.38. The Morgan fingerprint density at radius 3 is 2.71 bits per heavy atom. The molecule has 0 amide bonds. The Balaban J connectivity index is 2.42. The lowest BCUT2D eigenvalue weighted by Gasteiger charge is -2.17. The number of hydrogen-bond donors (Lipinski definition) is 3. The molecule has 0 radical (unpaired) electrons. The van der Waals surface area contributed by atoms with Gasteiger partial charge in [0.1, 0.15) is 11.5 Å². The first-order chi connectivity index (χ1) is 7.91. The summed E-state index contributed by atoms with van der Waals surface area (Å²) >= 11 is 1.18. The van der Waals surface area contributed by atoms with Crippen LogP contribution in [0.5, 0.6) is 0 Å². The first kappa shape index (κ1) is 12.3. The number of nitrogens with zero attached hydrogens (tertiary/aromatic N) is 2. The number of rotatable bonds is 1. The van der Waals surface area contributed by atoms with Crippen LogP contribution in [0, 0.1) is 5.82 Å². The molecule has 94 valence electrons. The molecule has 0 saturated carbocycles. The van der Waals surface area contributed by atoms with E-state index in [-0.39, 0.29) is 5.25 Å². The van der Waals surface area contributed by atoms with Crippen molar-refractivity contribution in [2.45, 2.75) is 29.8 Å². The summed E-state index contributed by atoms with van der Waals surface area (Å²) in [5, 5.41) is 18.3. The number of anilines is 1. The topological polar surface area (TPSA) is 101 Å².